The van der Waals surface area contributed by atoms with Gasteiger partial charge >= 0.3 is 6.09 Å². The Balaban J connectivity index is 2.34. The Labute approximate surface area is 129 Å². The summed E-state index contributed by atoms with van der Waals surface area (Å²) >= 11 is 2.86. The highest BCUT2D eigenvalue weighted by Crippen LogP contribution is 2.42. The summed E-state index contributed by atoms with van der Waals surface area (Å²) in [5, 5.41) is 0. The molecule has 0 saturated heterocycles. The second kappa shape index (κ2) is 5.19. The first-order valence-electron chi connectivity index (χ1n) is 6.34. The van der Waals surface area contributed by atoms with Crippen LogP contribution in [0.3, 0.4) is 0 Å². The molecule has 3 nitrogen and oxygen atoms in total. The van der Waals surface area contributed by atoms with E-state index >= 15 is 0 Å². The van der Waals surface area contributed by atoms with Gasteiger partial charge in [0.15, 0.2) is 0 Å². The van der Waals surface area contributed by atoms with Gasteiger partial charge in [-0.1, -0.05) is 6.07 Å². The van der Waals surface area contributed by atoms with E-state index in [9.17, 15) is 18.0 Å². The number of hydrogen-bond acceptors (Lipinski definition) is 2. The van der Waals surface area contributed by atoms with E-state index in [0.29, 0.717) is 0 Å². The number of amides is 1. The summed E-state index contributed by atoms with van der Waals surface area (Å²) in [6, 6.07) is 2.36. The van der Waals surface area contributed by atoms with Crippen molar-refractivity contribution in [2.24, 2.45) is 0 Å². The zero-order valence-corrected chi connectivity index (χ0v) is 13.4. The molecule has 2 rings (SSSR count). The molecule has 1 aromatic rings. The zero-order valence-electron chi connectivity index (χ0n) is 11.8. The van der Waals surface area contributed by atoms with Crippen molar-refractivity contribution in [2.75, 3.05) is 6.54 Å². The number of hydrogen-bond donors (Lipinski definition) is 0. The van der Waals surface area contributed by atoms with Crippen molar-refractivity contribution in [3.05, 3.63) is 33.5 Å². The van der Waals surface area contributed by atoms with Crippen LogP contribution in [0, 0.1) is 5.82 Å². The second-order valence-electron chi connectivity index (χ2n) is 5.94. The molecule has 0 aromatic heterocycles. The first kappa shape index (κ1) is 16.1. The normalized spacial score (nSPS) is 17.4. The lowest BCUT2D eigenvalue weighted by Crippen LogP contribution is -2.46. The van der Waals surface area contributed by atoms with Crippen LogP contribution in [0.1, 0.15) is 31.9 Å². The Kier molecular flexibility index (Phi) is 3.99. The number of nitrogens with zero attached hydrogens (tertiary/aromatic N) is 1. The number of carbonyl (C=O) groups excluding carboxylic acids is 1. The van der Waals surface area contributed by atoms with Crippen LogP contribution in [-0.4, -0.2) is 23.1 Å². The first-order chi connectivity index (χ1) is 9.51. The summed E-state index contributed by atoms with van der Waals surface area (Å²) in [4.78, 5) is 12.9. The molecule has 0 radical (unpaired) electrons. The number of ether oxygens (including phenoxy) is 1. The molecule has 0 atom stereocenters. The van der Waals surface area contributed by atoms with Crippen molar-refractivity contribution < 1.29 is 22.7 Å². The smallest absolute Gasteiger partial charge is 0.410 e. The van der Waals surface area contributed by atoms with Crippen LogP contribution < -0.4 is 0 Å². The van der Waals surface area contributed by atoms with Gasteiger partial charge in [0.05, 0.1) is 11.0 Å². The quantitative estimate of drug-likeness (QED) is 0.680. The molecule has 0 N–H and O–H groups in total. The number of carbonyl (C=O) groups is 1. The van der Waals surface area contributed by atoms with Gasteiger partial charge in [0.25, 0.3) is 5.92 Å². The van der Waals surface area contributed by atoms with Crippen molar-refractivity contribution >= 4 is 22.0 Å². The van der Waals surface area contributed by atoms with Crippen LogP contribution in [0.25, 0.3) is 0 Å². The molecule has 116 valence electrons. The van der Waals surface area contributed by atoms with Crippen molar-refractivity contribution in [1.29, 1.82) is 0 Å². The summed E-state index contributed by atoms with van der Waals surface area (Å²) in [5.41, 5.74) is -0.969. The van der Waals surface area contributed by atoms with Crippen LogP contribution in [0.2, 0.25) is 0 Å². The van der Waals surface area contributed by atoms with E-state index in [-0.39, 0.29) is 16.6 Å². The highest BCUT2D eigenvalue weighted by molar-refractivity contribution is 9.10. The monoisotopic (exact) mass is 365 g/mol. The van der Waals surface area contributed by atoms with Gasteiger partial charge in [-0.2, -0.15) is 8.78 Å². The molecule has 0 fully saturated rings. The lowest BCUT2D eigenvalue weighted by atomic mass is 9.96. The molecule has 0 saturated carbocycles. The number of benzene rings is 1. The molecule has 1 aromatic carbocycles. The zero-order chi connectivity index (χ0) is 16.0. The van der Waals surface area contributed by atoms with E-state index in [2.05, 4.69) is 15.9 Å². The molecule has 1 aliphatic heterocycles. The third-order valence-corrected chi connectivity index (χ3v) is 3.72. The van der Waals surface area contributed by atoms with Crippen molar-refractivity contribution in [2.45, 2.75) is 38.8 Å². The summed E-state index contributed by atoms with van der Waals surface area (Å²) < 4.78 is 46.8. The number of alkyl halides is 2. The number of fused-ring (bicyclic) bond motifs is 1. The van der Waals surface area contributed by atoms with Gasteiger partial charge in [-0.15, -0.1) is 0 Å². The van der Waals surface area contributed by atoms with E-state index < -0.39 is 35.5 Å². The highest BCUT2D eigenvalue weighted by Gasteiger charge is 2.45. The lowest BCUT2D eigenvalue weighted by molar-refractivity contribution is -0.0599. The average Bonchev–Trinajstić information content (AvgIpc) is 2.30. The molecule has 0 unspecified atom stereocenters. The summed E-state index contributed by atoms with van der Waals surface area (Å²) in [5.74, 6) is -4.09. The maximum absolute atomic E-state index is 14.2. The minimum atomic E-state index is -3.34. The van der Waals surface area contributed by atoms with Crippen molar-refractivity contribution in [1.82, 2.24) is 4.90 Å². The summed E-state index contributed by atoms with van der Waals surface area (Å²) in [6.07, 6.45) is -0.812. The topological polar surface area (TPSA) is 29.5 Å². The van der Waals surface area contributed by atoms with Gasteiger partial charge in [0.2, 0.25) is 0 Å². The summed E-state index contributed by atoms with van der Waals surface area (Å²) in [6.45, 7) is 4.10. The van der Waals surface area contributed by atoms with E-state index in [1.54, 1.807) is 20.8 Å². The van der Waals surface area contributed by atoms with Gasteiger partial charge in [0.1, 0.15) is 11.4 Å². The van der Waals surface area contributed by atoms with E-state index in [1.807, 2.05) is 0 Å². The van der Waals surface area contributed by atoms with Crippen LogP contribution in [0.4, 0.5) is 18.0 Å². The molecule has 0 aliphatic carbocycles. The highest BCUT2D eigenvalue weighted by atomic mass is 79.9. The number of rotatable bonds is 0. The van der Waals surface area contributed by atoms with E-state index in [1.165, 1.54) is 6.07 Å². The third kappa shape index (κ3) is 3.33. The van der Waals surface area contributed by atoms with Gasteiger partial charge in [-0.25, -0.2) is 9.18 Å². The van der Waals surface area contributed by atoms with E-state index in [4.69, 9.17) is 4.74 Å². The lowest BCUT2D eigenvalue weighted by Gasteiger charge is -2.35. The molecular weight excluding hydrogens is 351 g/mol. The predicted octanol–water partition coefficient (Wildman–Crippen LogP) is 4.43. The third-order valence-electron chi connectivity index (χ3n) is 2.95. The predicted molar refractivity (Wildman–Crippen MR) is 74.6 cm³/mol. The van der Waals surface area contributed by atoms with Crippen molar-refractivity contribution in [3.63, 3.8) is 0 Å². The molecule has 0 bridgehead atoms. The molecule has 7 heteroatoms. The molecule has 1 amide bonds. The van der Waals surface area contributed by atoms with Crippen LogP contribution >= 0.6 is 15.9 Å². The standard InChI is InChI=1S/C14H15BrF3NO2/c1-13(2,3)21-12(20)19-6-8-4-5-9(16)11(15)10(8)14(17,18)7-19/h4-5H,6-7H2,1-3H3. The van der Waals surface area contributed by atoms with E-state index in [0.717, 1.165) is 11.0 Å². The largest absolute Gasteiger partial charge is 0.444 e. The molecule has 1 heterocycles. The minimum Gasteiger partial charge on any atom is -0.444 e. The Morgan fingerprint density at radius 2 is 2.00 bits per heavy atom. The minimum absolute atomic E-state index is 0.0429. The Morgan fingerprint density at radius 3 is 2.57 bits per heavy atom. The molecule has 21 heavy (non-hydrogen) atoms. The van der Waals surface area contributed by atoms with Gasteiger partial charge in [-0.05, 0) is 48.3 Å². The average molecular weight is 366 g/mol. The maximum Gasteiger partial charge on any atom is 0.410 e. The Bertz CT molecular complexity index is 584. The second-order valence-corrected chi connectivity index (χ2v) is 6.73. The van der Waals surface area contributed by atoms with Gasteiger partial charge < -0.3 is 4.74 Å². The fourth-order valence-corrected chi connectivity index (χ4v) is 2.83. The molecular formula is C14H15BrF3NO2. The molecule has 0 spiro atoms. The van der Waals surface area contributed by atoms with Crippen molar-refractivity contribution in [3.8, 4) is 0 Å². The first-order valence-corrected chi connectivity index (χ1v) is 7.14. The Morgan fingerprint density at radius 1 is 1.38 bits per heavy atom. The maximum atomic E-state index is 14.2. The van der Waals surface area contributed by atoms with Gasteiger partial charge in [0, 0.05) is 12.1 Å². The Hall–Kier alpha value is -1.24. The molecule has 1 aliphatic rings. The fourth-order valence-electron chi connectivity index (χ4n) is 2.15. The SMILES string of the molecule is CC(C)(C)OC(=O)N1Cc2ccc(F)c(Br)c2C(F)(F)C1. The van der Waals surface area contributed by atoms with Crippen LogP contribution in [-0.2, 0) is 17.2 Å². The van der Waals surface area contributed by atoms with Gasteiger partial charge in [-0.3, -0.25) is 4.90 Å². The summed E-state index contributed by atoms with van der Waals surface area (Å²) in [7, 11) is 0. The van der Waals surface area contributed by atoms with Crippen LogP contribution in [0.5, 0.6) is 0 Å². The fraction of sp³-hybridized carbons (Fsp3) is 0.500. The van der Waals surface area contributed by atoms with Crippen LogP contribution in [0.15, 0.2) is 16.6 Å². The number of halogens is 4.